The highest BCUT2D eigenvalue weighted by atomic mass is 16.6. The smallest absolute Gasteiger partial charge is 0.375 e. The number of hydrogen-bond donors (Lipinski definition) is 3. The van der Waals surface area contributed by atoms with E-state index in [0.29, 0.717) is 23.1 Å². The van der Waals surface area contributed by atoms with Crippen molar-refractivity contribution in [3.05, 3.63) is 64.9 Å². The van der Waals surface area contributed by atoms with Crippen LogP contribution < -0.4 is 0 Å². The molecular formula is C24H24O8. The minimum Gasteiger partial charge on any atom is -0.508 e. The average molecular weight is 440 g/mol. The predicted octanol–water partition coefficient (Wildman–Crippen LogP) is 2.80. The molecule has 0 bridgehead atoms. The second kappa shape index (κ2) is 7.56. The summed E-state index contributed by atoms with van der Waals surface area (Å²) >= 11 is 0. The van der Waals surface area contributed by atoms with Crippen LogP contribution in [0.3, 0.4) is 0 Å². The van der Waals surface area contributed by atoms with Crippen molar-refractivity contribution >= 4 is 17.5 Å². The molecule has 2 aliphatic heterocycles. The lowest BCUT2D eigenvalue weighted by atomic mass is 9.82. The van der Waals surface area contributed by atoms with Gasteiger partial charge in [-0.25, -0.2) is 9.59 Å². The zero-order valence-corrected chi connectivity index (χ0v) is 17.9. The molecule has 2 atom stereocenters. The minimum atomic E-state index is -1.93. The van der Waals surface area contributed by atoms with E-state index < -0.39 is 23.3 Å². The SMILES string of the molecule is COC(=O)C1(Cc2ccc(O)c(C[C@@H]3OC3(C)C)c2)OC(=O)C(O)=C1c1ccc(O)cc1. The van der Waals surface area contributed by atoms with Gasteiger partial charge in [0.2, 0.25) is 11.4 Å². The Hall–Kier alpha value is -3.52. The quantitative estimate of drug-likeness (QED) is 0.462. The Morgan fingerprint density at radius 3 is 2.34 bits per heavy atom. The van der Waals surface area contributed by atoms with Crippen molar-refractivity contribution in [1.29, 1.82) is 0 Å². The van der Waals surface area contributed by atoms with Crippen LogP contribution in [0.25, 0.3) is 5.57 Å². The zero-order chi connectivity index (χ0) is 23.3. The Kier molecular flexibility index (Phi) is 5.13. The molecule has 0 radical (unpaired) electrons. The van der Waals surface area contributed by atoms with Crippen molar-refractivity contribution in [2.75, 3.05) is 7.11 Å². The molecule has 8 nitrogen and oxygen atoms in total. The second-order valence-electron chi connectivity index (χ2n) is 8.53. The molecule has 8 heteroatoms. The lowest BCUT2D eigenvalue weighted by molar-refractivity contribution is -0.169. The van der Waals surface area contributed by atoms with Crippen molar-refractivity contribution in [3.8, 4) is 11.5 Å². The molecule has 0 amide bonds. The van der Waals surface area contributed by atoms with Crippen molar-refractivity contribution < 1.29 is 39.1 Å². The van der Waals surface area contributed by atoms with Gasteiger partial charge in [0.1, 0.15) is 11.5 Å². The zero-order valence-electron chi connectivity index (χ0n) is 17.9. The third-order valence-electron chi connectivity index (χ3n) is 5.94. The maximum Gasteiger partial charge on any atom is 0.375 e. The van der Waals surface area contributed by atoms with Gasteiger partial charge in [-0.3, -0.25) is 0 Å². The van der Waals surface area contributed by atoms with Gasteiger partial charge in [-0.05, 0) is 48.7 Å². The summed E-state index contributed by atoms with van der Waals surface area (Å²) in [5, 5.41) is 30.4. The molecule has 4 rings (SSSR count). The second-order valence-corrected chi connectivity index (χ2v) is 8.53. The van der Waals surface area contributed by atoms with Gasteiger partial charge >= 0.3 is 11.9 Å². The molecule has 2 aliphatic rings. The number of phenolic OH excluding ortho intramolecular Hbond substituents is 2. The molecule has 2 aromatic rings. The van der Waals surface area contributed by atoms with E-state index >= 15 is 0 Å². The number of rotatable bonds is 6. The fourth-order valence-electron chi connectivity index (χ4n) is 4.07. The normalized spacial score (nSPS) is 23.7. The first kappa shape index (κ1) is 21.7. The summed E-state index contributed by atoms with van der Waals surface area (Å²) in [6.07, 6.45) is 0.302. The van der Waals surface area contributed by atoms with E-state index in [9.17, 15) is 24.9 Å². The first-order valence-electron chi connectivity index (χ1n) is 10.1. The average Bonchev–Trinajstić information content (AvgIpc) is 3.27. The number of esters is 2. The maximum absolute atomic E-state index is 12.9. The first-order chi connectivity index (χ1) is 15.1. The Balaban J connectivity index is 1.75. The number of carbonyl (C=O) groups excluding carboxylic acids is 2. The van der Waals surface area contributed by atoms with Gasteiger partial charge in [-0.2, -0.15) is 0 Å². The van der Waals surface area contributed by atoms with Crippen LogP contribution in [0.5, 0.6) is 11.5 Å². The number of aromatic hydroxyl groups is 2. The molecule has 3 N–H and O–H groups in total. The number of methoxy groups -OCH3 is 1. The van der Waals surface area contributed by atoms with Crippen LogP contribution in [-0.4, -0.2) is 51.7 Å². The summed E-state index contributed by atoms with van der Waals surface area (Å²) in [6.45, 7) is 3.92. The van der Waals surface area contributed by atoms with Gasteiger partial charge in [0.15, 0.2) is 0 Å². The molecule has 0 spiro atoms. The van der Waals surface area contributed by atoms with Crippen LogP contribution >= 0.6 is 0 Å². The van der Waals surface area contributed by atoms with Crippen LogP contribution in [0.1, 0.15) is 30.5 Å². The maximum atomic E-state index is 12.9. The standard InChI is InChI=1S/C24H24O8/c1-23(2)18(31-23)11-15-10-13(4-9-17(15)26)12-24(22(29)30-3)19(20(27)21(28)32-24)14-5-7-16(25)8-6-14/h4-10,18,25-27H,11-12H2,1-3H3/t18-,24?/m0/s1. The summed E-state index contributed by atoms with van der Waals surface area (Å²) in [4.78, 5) is 25.3. The third-order valence-corrected chi connectivity index (χ3v) is 5.94. The van der Waals surface area contributed by atoms with Crippen LogP contribution in [0.2, 0.25) is 0 Å². The van der Waals surface area contributed by atoms with Crippen molar-refractivity contribution in [2.24, 2.45) is 0 Å². The van der Waals surface area contributed by atoms with E-state index in [-0.39, 0.29) is 35.2 Å². The number of cyclic esters (lactones) is 1. The Bertz CT molecular complexity index is 1120. The molecule has 1 unspecified atom stereocenters. The number of aliphatic hydroxyl groups is 1. The molecule has 2 heterocycles. The minimum absolute atomic E-state index is 0.0175. The monoisotopic (exact) mass is 440 g/mol. The van der Waals surface area contributed by atoms with Gasteiger partial charge in [-0.1, -0.05) is 24.3 Å². The summed E-state index contributed by atoms with van der Waals surface area (Å²) in [5.41, 5.74) is -0.713. The lowest BCUT2D eigenvalue weighted by Crippen LogP contribution is -2.44. The molecule has 0 aromatic heterocycles. The van der Waals surface area contributed by atoms with E-state index in [1.54, 1.807) is 12.1 Å². The van der Waals surface area contributed by atoms with E-state index in [2.05, 4.69) is 0 Å². The van der Waals surface area contributed by atoms with Crippen LogP contribution in [-0.2, 0) is 36.6 Å². The van der Waals surface area contributed by atoms with E-state index in [0.717, 1.165) is 7.11 Å². The van der Waals surface area contributed by atoms with Crippen molar-refractivity contribution in [1.82, 2.24) is 0 Å². The number of carbonyl (C=O) groups is 2. The number of hydrogen-bond acceptors (Lipinski definition) is 8. The van der Waals surface area contributed by atoms with Gasteiger partial charge in [-0.15, -0.1) is 0 Å². The fraction of sp³-hybridized carbons (Fsp3) is 0.333. The van der Waals surface area contributed by atoms with Crippen molar-refractivity contribution in [3.63, 3.8) is 0 Å². The van der Waals surface area contributed by atoms with Gasteiger partial charge in [0.05, 0.1) is 24.4 Å². The van der Waals surface area contributed by atoms with Gasteiger partial charge in [0, 0.05) is 12.8 Å². The number of ether oxygens (including phenoxy) is 3. The highest BCUT2D eigenvalue weighted by Crippen LogP contribution is 2.44. The number of aliphatic hydroxyl groups excluding tert-OH is 1. The van der Waals surface area contributed by atoms with E-state index in [1.165, 1.54) is 30.3 Å². The molecule has 2 aromatic carbocycles. The fourth-order valence-corrected chi connectivity index (χ4v) is 4.07. The highest BCUT2D eigenvalue weighted by Gasteiger charge is 2.55. The predicted molar refractivity (Wildman–Crippen MR) is 113 cm³/mol. The molecule has 32 heavy (non-hydrogen) atoms. The molecule has 168 valence electrons. The largest absolute Gasteiger partial charge is 0.508 e. The number of phenols is 2. The van der Waals surface area contributed by atoms with E-state index in [4.69, 9.17) is 14.2 Å². The summed E-state index contributed by atoms with van der Waals surface area (Å²) in [5.74, 6) is -2.54. The number of epoxide rings is 1. The first-order valence-corrected chi connectivity index (χ1v) is 10.1. The van der Waals surface area contributed by atoms with Crippen LogP contribution in [0, 0.1) is 0 Å². The Morgan fingerprint density at radius 1 is 1.09 bits per heavy atom. The van der Waals surface area contributed by atoms with Crippen LogP contribution in [0.15, 0.2) is 48.2 Å². The molecular weight excluding hydrogens is 416 g/mol. The molecule has 0 saturated carbocycles. The Labute approximate surface area is 184 Å². The summed E-state index contributed by atoms with van der Waals surface area (Å²) in [6, 6.07) is 10.5. The highest BCUT2D eigenvalue weighted by molar-refractivity contribution is 6.11. The molecule has 1 saturated heterocycles. The molecule has 0 aliphatic carbocycles. The molecule has 1 fully saturated rings. The Morgan fingerprint density at radius 2 is 1.75 bits per heavy atom. The topological polar surface area (TPSA) is 126 Å². The van der Waals surface area contributed by atoms with Gasteiger partial charge in [0.25, 0.3) is 0 Å². The van der Waals surface area contributed by atoms with E-state index in [1.807, 2.05) is 13.8 Å². The third kappa shape index (κ3) is 3.67. The van der Waals surface area contributed by atoms with Gasteiger partial charge < -0.3 is 29.5 Å². The lowest BCUT2D eigenvalue weighted by Gasteiger charge is -2.28. The summed E-state index contributed by atoms with van der Waals surface area (Å²) in [7, 11) is 1.16. The van der Waals surface area contributed by atoms with Crippen molar-refractivity contribution in [2.45, 2.75) is 44.0 Å². The van der Waals surface area contributed by atoms with Crippen LogP contribution in [0.4, 0.5) is 0 Å². The number of benzene rings is 2. The summed E-state index contributed by atoms with van der Waals surface area (Å²) < 4.78 is 16.0.